The van der Waals surface area contributed by atoms with Crippen molar-refractivity contribution in [2.75, 3.05) is 24.6 Å². The molecule has 0 saturated heterocycles. The molecule has 1 aliphatic heterocycles. The van der Waals surface area contributed by atoms with E-state index in [0.717, 1.165) is 4.90 Å². The predicted molar refractivity (Wildman–Crippen MR) is 96.7 cm³/mol. The van der Waals surface area contributed by atoms with Crippen LogP contribution in [0.25, 0.3) is 5.57 Å². The Kier molecular flexibility index (Phi) is 4.70. The number of imide groups is 1. The van der Waals surface area contributed by atoms with Gasteiger partial charge in [-0.25, -0.2) is 4.79 Å². The van der Waals surface area contributed by atoms with Crippen LogP contribution in [0, 0.1) is 0 Å². The number of anilines is 2. The summed E-state index contributed by atoms with van der Waals surface area (Å²) >= 11 is 0. The molecule has 0 spiro atoms. The van der Waals surface area contributed by atoms with E-state index < -0.39 is 17.8 Å². The summed E-state index contributed by atoms with van der Waals surface area (Å²) in [7, 11) is 0. The molecular weight excluding hydrogens is 334 g/mol. The number of carbonyl (C=O) groups excluding carboxylic acids is 3. The van der Waals surface area contributed by atoms with Crippen LogP contribution < -0.4 is 11.5 Å². The molecule has 0 aromatic heterocycles. The Balaban J connectivity index is 1.60. The lowest BCUT2D eigenvalue weighted by molar-refractivity contribution is -0.137. The van der Waals surface area contributed by atoms with Crippen LogP contribution in [0.4, 0.5) is 11.4 Å². The third-order valence-corrected chi connectivity index (χ3v) is 3.86. The van der Waals surface area contributed by atoms with E-state index in [4.69, 9.17) is 16.2 Å². The van der Waals surface area contributed by atoms with Crippen LogP contribution in [0.15, 0.2) is 54.6 Å². The second kappa shape index (κ2) is 7.10. The quantitative estimate of drug-likeness (QED) is 0.479. The van der Waals surface area contributed by atoms with E-state index in [1.54, 1.807) is 24.3 Å². The van der Waals surface area contributed by atoms with Crippen molar-refractivity contribution in [3.8, 4) is 0 Å². The predicted octanol–water partition coefficient (Wildman–Crippen LogP) is 1.46. The number of hydrogen-bond donors (Lipinski definition) is 2. The zero-order chi connectivity index (χ0) is 18.7. The highest BCUT2D eigenvalue weighted by Gasteiger charge is 2.31. The molecule has 4 N–H and O–H groups in total. The fraction of sp³-hybridized carbons (Fsp3) is 0.105. The highest BCUT2D eigenvalue weighted by Crippen LogP contribution is 2.23. The van der Waals surface area contributed by atoms with Gasteiger partial charge in [-0.05, 0) is 23.8 Å². The molecule has 7 heteroatoms. The average Bonchev–Trinajstić information content (AvgIpc) is 2.89. The van der Waals surface area contributed by atoms with E-state index in [9.17, 15) is 14.4 Å². The van der Waals surface area contributed by atoms with E-state index in [0.29, 0.717) is 22.5 Å². The largest absolute Gasteiger partial charge is 0.460 e. The van der Waals surface area contributed by atoms with Gasteiger partial charge in [0.05, 0.1) is 17.7 Å². The minimum absolute atomic E-state index is 0.0337. The van der Waals surface area contributed by atoms with Crippen molar-refractivity contribution in [3.05, 3.63) is 65.7 Å². The maximum absolute atomic E-state index is 12.4. The molecule has 1 heterocycles. The van der Waals surface area contributed by atoms with E-state index >= 15 is 0 Å². The van der Waals surface area contributed by atoms with Gasteiger partial charge in [-0.1, -0.05) is 30.3 Å². The van der Waals surface area contributed by atoms with Crippen molar-refractivity contribution in [1.82, 2.24) is 4.90 Å². The number of hydrogen-bond acceptors (Lipinski definition) is 6. The second-order valence-electron chi connectivity index (χ2n) is 5.74. The summed E-state index contributed by atoms with van der Waals surface area (Å²) in [5.41, 5.74) is 13.2. The molecule has 0 aliphatic carbocycles. The van der Waals surface area contributed by atoms with Crippen LogP contribution in [-0.2, 0) is 14.3 Å². The van der Waals surface area contributed by atoms with Crippen LogP contribution in [0.1, 0.15) is 15.9 Å². The summed E-state index contributed by atoms with van der Waals surface area (Å²) < 4.78 is 5.12. The summed E-state index contributed by atoms with van der Waals surface area (Å²) in [6.45, 7) is -0.158. The van der Waals surface area contributed by atoms with Crippen LogP contribution in [0.2, 0.25) is 0 Å². The van der Waals surface area contributed by atoms with Crippen LogP contribution in [-0.4, -0.2) is 35.8 Å². The molecule has 132 valence electrons. The molecule has 0 bridgehead atoms. The first kappa shape index (κ1) is 17.2. The van der Waals surface area contributed by atoms with Gasteiger partial charge in [-0.2, -0.15) is 0 Å². The monoisotopic (exact) mass is 351 g/mol. The number of nitrogen functional groups attached to an aromatic ring is 2. The Labute approximate surface area is 149 Å². The van der Waals surface area contributed by atoms with E-state index in [1.807, 2.05) is 6.07 Å². The molecule has 1 aliphatic rings. The first-order valence-corrected chi connectivity index (χ1v) is 7.92. The smallest absolute Gasteiger partial charge is 0.338 e. The summed E-state index contributed by atoms with van der Waals surface area (Å²) in [5, 5.41) is 0. The van der Waals surface area contributed by atoms with Gasteiger partial charge in [0, 0.05) is 17.5 Å². The highest BCUT2D eigenvalue weighted by molar-refractivity contribution is 6.33. The fourth-order valence-electron chi connectivity index (χ4n) is 2.65. The van der Waals surface area contributed by atoms with Gasteiger partial charge in [0.25, 0.3) is 11.8 Å². The Hall–Kier alpha value is -3.61. The molecule has 0 radical (unpaired) electrons. The van der Waals surface area contributed by atoms with Gasteiger partial charge in [-0.15, -0.1) is 0 Å². The SMILES string of the molecule is Nc1cc(N)cc(C(=O)OCCN2C(=O)C=C(c3ccccc3)C2=O)c1. The Bertz CT molecular complexity index is 886. The first-order chi connectivity index (χ1) is 12.5. The molecular formula is C19H17N3O4. The Morgan fingerprint density at radius 2 is 1.65 bits per heavy atom. The number of amides is 2. The number of esters is 1. The molecule has 7 nitrogen and oxygen atoms in total. The summed E-state index contributed by atoms with van der Waals surface area (Å²) in [6, 6.07) is 13.3. The topological polar surface area (TPSA) is 116 Å². The lowest BCUT2D eigenvalue weighted by Gasteiger charge is -2.15. The third kappa shape index (κ3) is 3.56. The third-order valence-electron chi connectivity index (χ3n) is 3.86. The van der Waals surface area contributed by atoms with Crippen molar-refractivity contribution < 1.29 is 19.1 Å². The number of ether oxygens (including phenoxy) is 1. The normalized spacial score (nSPS) is 13.7. The van der Waals surface area contributed by atoms with Gasteiger partial charge in [0.2, 0.25) is 0 Å². The molecule has 2 amide bonds. The van der Waals surface area contributed by atoms with E-state index in [-0.39, 0.29) is 18.7 Å². The zero-order valence-corrected chi connectivity index (χ0v) is 13.8. The highest BCUT2D eigenvalue weighted by atomic mass is 16.5. The Morgan fingerprint density at radius 3 is 2.31 bits per heavy atom. The minimum Gasteiger partial charge on any atom is -0.460 e. The summed E-state index contributed by atoms with van der Waals surface area (Å²) in [6.07, 6.45) is 1.29. The van der Waals surface area contributed by atoms with Crippen molar-refractivity contribution in [2.45, 2.75) is 0 Å². The van der Waals surface area contributed by atoms with Crippen molar-refractivity contribution >= 4 is 34.7 Å². The minimum atomic E-state index is -0.626. The number of carbonyl (C=O) groups is 3. The maximum Gasteiger partial charge on any atom is 0.338 e. The molecule has 0 atom stereocenters. The molecule has 26 heavy (non-hydrogen) atoms. The Morgan fingerprint density at radius 1 is 1.00 bits per heavy atom. The lowest BCUT2D eigenvalue weighted by Crippen LogP contribution is -2.34. The van der Waals surface area contributed by atoms with Gasteiger partial charge in [0.1, 0.15) is 6.61 Å². The molecule has 0 fully saturated rings. The zero-order valence-electron chi connectivity index (χ0n) is 13.8. The number of benzene rings is 2. The molecule has 3 rings (SSSR count). The molecule has 0 saturated carbocycles. The van der Waals surface area contributed by atoms with Gasteiger partial charge in [-0.3, -0.25) is 14.5 Å². The van der Waals surface area contributed by atoms with Crippen LogP contribution in [0.5, 0.6) is 0 Å². The first-order valence-electron chi connectivity index (χ1n) is 7.92. The van der Waals surface area contributed by atoms with Crippen molar-refractivity contribution in [2.24, 2.45) is 0 Å². The van der Waals surface area contributed by atoms with Crippen molar-refractivity contribution in [1.29, 1.82) is 0 Å². The fourth-order valence-corrected chi connectivity index (χ4v) is 2.65. The van der Waals surface area contributed by atoms with Crippen LogP contribution >= 0.6 is 0 Å². The maximum atomic E-state index is 12.4. The average molecular weight is 351 g/mol. The van der Waals surface area contributed by atoms with Gasteiger partial charge < -0.3 is 16.2 Å². The molecule has 2 aromatic carbocycles. The van der Waals surface area contributed by atoms with Gasteiger partial charge >= 0.3 is 5.97 Å². The lowest BCUT2D eigenvalue weighted by atomic mass is 10.1. The van der Waals surface area contributed by atoms with Crippen molar-refractivity contribution in [3.63, 3.8) is 0 Å². The number of nitrogens with zero attached hydrogens (tertiary/aromatic N) is 1. The number of rotatable bonds is 5. The summed E-state index contributed by atoms with van der Waals surface area (Å²) in [4.78, 5) is 37.6. The molecule has 0 unspecified atom stereocenters. The second-order valence-corrected chi connectivity index (χ2v) is 5.74. The summed E-state index contributed by atoms with van der Waals surface area (Å²) in [5.74, 6) is -1.47. The number of nitrogens with two attached hydrogens (primary N) is 2. The van der Waals surface area contributed by atoms with E-state index in [1.165, 1.54) is 24.3 Å². The standard InChI is InChI=1S/C19H17N3O4/c20-14-8-13(9-15(21)10-14)19(25)26-7-6-22-17(23)11-16(18(22)24)12-4-2-1-3-5-12/h1-5,8-11H,6-7,20-21H2. The van der Waals surface area contributed by atoms with E-state index in [2.05, 4.69) is 0 Å². The molecule has 2 aromatic rings. The van der Waals surface area contributed by atoms with Crippen LogP contribution in [0.3, 0.4) is 0 Å². The van der Waals surface area contributed by atoms with Gasteiger partial charge in [0.15, 0.2) is 0 Å².